The topological polar surface area (TPSA) is 69.0 Å². The van der Waals surface area contributed by atoms with Crippen molar-refractivity contribution in [3.8, 4) is 0 Å². The molecule has 0 atom stereocenters. The number of nitrogens with one attached hydrogen (secondary N) is 2. The molecule has 136 valence electrons. The van der Waals surface area contributed by atoms with Crippen molar-refractivity contribution in [1.29, 1.82) is 0 Å². The molecule has 2 N–H and O–H groups in total. The molecular weight excluding hydrogens is 364 g/mol. The lowest BCUT2D eigenvalue weighted by atomic mass is 9.97. The average Bonchev–Trinajstić information content (AvgIpc) is 3.28. The van der Waals surface area contributed by atoms with E-state index in [4.69, 9.17) is 0 Å². The first-order valence-corrected chi connectivity index (χ1v) is 8.66. The molecule has 0 aliphatic carbocycles. The van der Waals surface area contributed by atoms with E-state index in [9.17, 15) is 18.4 Å². The van der Waals surface area contributed by atoms with Gasteiger partial charge in [-0.3, -0.25) is 14.5 Å². The summed E-state index contributed by atoms with van der Waals surface area (Å²) in [6.07, 6.45) is 0. The minimum atomic E-state index is -0.412. The Morgan fingerprint density at radius 2 is 1.18 bits per heavy atom. The second kappa shape index (κ2) is 4.75. The third kappa shape index (κ3) is 1.64. The third-order valence-electron chi connectivity index (χ3n) is 5.56. The highest BCUT2D eigenvalue weighted by atomic mass is 19.1. The Labute approximate surface area is 155 Å². The minimum absolute atomic E-state index is 0.290. The van der Waals surface area contributed by atoms with Gasteiger partial charge in [0.15, 0.2) is 0 Å². The van der Waals surface area contributed by atoms with Gasteiger partial charge in [0.05, 0.1) is 22.2 Å². The molecule has 0 spiro atoms. The normalized spacial score (nSPS) is 14.3. The van der Waals surface area contributed by atoms with Gasteiger partial charge in [0.2, 0.25) is 0 Å². The van der Waals surface area contributed by atoms with Crippen LogP contribution in [-0.2, 0) is 0 Å². The van der Waals surface area contributed by atoms with Crippen molar-refractivity contribution in [2.75, 3.05) is 7.05 Å². The first-order valence-electron chi connectivity index (χ1n) is 8.66. The van der Waals surface area contributed by atoms with Gasteiger partial charge in [-0.15, -0.1) is 0 Å². The standard InChI is InChI=1S/C21H11F2N3O2/c1-26-20(27)16-14-10-4-2-8(22)6-12(10)24-18(14)19-15(17(16)21(26)28)11-5-3-9(23)7-13(11)25-19/h2-7,24-25H,1H3. The summed E-state index contributed by atoms with van der Waals surface area (Å²) in [5.41, 5.74) is 2.79. The highest BCUT2D eigenvalue weighted by Crippen LogP contribution is 2.43. The number of fused-ring (bicyclic) bond motifs is 10. The number of nitrogens with zero attached hydrogens (tertiary/aromatic N) is 1. The predicted molar refractivity (Wildman–Crippen MR) is 102 cm³/mol. The van der Waals surface area contributed by atoms with Gasteiger partial charge in [0.25, 0.3) is 11.8 Å². The van der Waals surface area contributed by atoms with Crippen molar-refractivity contribution in [1.82, 2.24) is 14.9 Å². The van der Waals surface area contributed by atoms with Crippen molar-refractivity contribution in [2.45, 2.75) is 0 Å². The summed E-state index contributed by atoms with van der Waals surface area (Å²) < 4.78 is 27.5. The summed E-state index contributed by atoms with van der Waals surface area (Å²) >= 11 is 0. The van der Waals surface area contributed by atoms with Crippen LogP contribution in [0.3, 0.4) is 0 Å². The van der Waals surface area contributed by atoms with Crippen molar-refractivity contribution < 1.29 is 18.4 Å². The summed E-state index contributed by atoms with van der Waals surface area (Å²) in [5.74, 6) is -1.64. The van der Waals surface area contributed by atoms with Crippen LogP contribution in [0, 0.1) is 11.6 Å². The van der Waals surface area contributed by atoms with Gasteiger partial charge in [0.1, 0.15) is 11.6 Å². The van der Waals surface area contributed by atoms with Gasteiger partial charge >= 0.3 is 0 Å². The van der Waals surface area contributed by atoms with Gasteiger partial charge in [-0.05, 0) is 36.4 Å². The molecule has 0 fully saturated rings. The van der Waals surface area contributed by atoms with Crippen LogP contribution in [0.4, 0.5) is 8.78 Å². The fraction of sp³-hybridized carbons (Fsp3) is 0.0476. The average molecular weight is 375 g/mol. The van der Waals surface area contributed by atoms with Crippen LogP contribution in [0.25, 0.3) is 43.6 Å². The van der Waals surface area contributed by atoms with E-state index in [-0.39, 0.29) is 11.1 Å². The Bertz CT molecular complexity index is 1430. The maximum atomic E-state index is 13.8. The number of halogens is 2. The molecule has 28 heavy (non-hydrogen) atoms. The third-order valence-corrected chi connectivity index (χ3v) is 5.56. The summed E-state index contributed by atoms with van der Waals surface area (Å²) in [7, 11) is 1.44. The number of carbonyl (C=O) groups excluding carboxylic acids is 2. The Balaban J connectivity index is 1.98. The molecule has 0 saturated heterocycles. The lowest BCUT2D eigenvalue weighted by Crippen LogP contribution is -2.24. The van der Waals surface area contributed by atoms with Crippen LogP contribution in [0.1, 0.15) is 20.7 Å². The number of hydrogen-bond acceptors (Lipinski definition) is 2. The number of H-pyrrole nitrogens is 2. The number of hydrogen-bond donors (Lipinski definition) is 2. The molecule has 0 radical (unpaired) electrons. The highest BCUT2D eigenvalue weighted by molar-refractivity contribution is 6.38. The zero-order valence-corrected chi connectivity index (χ0v) is 14.5. The number of carbonyl (C=O) groups is 2. The number of rotatable bonds is 0. The number of imide groups is 1. The molecule has 1 aliphatic heterocycles. The number of amides is 2. The molecule has 7 heteroatoms. The second-order valence-electron chi connectivity index (χ2n) is 7.05. The monoisotopic (exact) mass is 375 g/mol. The molecule has 3 heterocycles. The van der Waals surface area contributed by atoms with Crippen LogP contribution in [0.15, 0.2) is 36.4 Å². The van der Waals surface area contributed by atoms with Crippen LogP contribution < -0.4 is 0 Å². The summed E-state index contributed by atoms with van der Waals surface area (Å²) in [5, 5.41) is 2.42. The van der Waals surface area contributed by atoms with Gasteiger partial charge < -0.3 is 9.97 Å². The van der Waals surface area contributed by atoms with Crippen LogP contribution >= 0.6 is 0 Å². The molecule has 5 nitrogen and oxygen atoms in total. The van der Waals surface area contributed by atoms with Gasteiger partial charge in [-0.1, -0.05) is 0 Å². The fourth-order valence-electron chi connectivity index (χ4n) is 4.34. The zero-order valence-electron chi connectivity index (χ0n) is 14.5. The lowest BCUT2D eigenvalue weighted by molar-refractivity contribution is 0.0694. The Kier molecular flexibility index (Phi) is 2.60. The van der Waals surface area contributed by atoms with Crippen LogP contribution in [0.5, 0.6) is 0 Å². The van der Waals surface area contributed by atoms with E-state index in [0.29, 0.717) is 43.6 Å². The Morgan fingerprint density at radius 3 is 1.61 bits per heavy atom. The smallest absolute Gasteiger partial charge is 0.262 e. The number of benzene rings is 3. The van der Waals surface area contributed by atoms with E-state index in [1.807, 2.05) is 0 Å². The van der Waals surface area contributed by atoms with E-state index in [0.717, 1.165) is 4.90 Å². The highest BCUT2D eigenvalue weighted by Gasteiger charge is 2.38. The lowest BCUT2D eigenvalue weighted by Gasteiger charge is -2.03. The van der Waals surface area contributed by atoms with E-state index >= 15 is 0 Å². The fourth-order valence-corrected chi connectivity index (χ4v) is 4.34. The molecule has 0 saturated carbocycles. The van der Waals surface area contributed by atoms with Crippen molar-refractivity contribution in [3.63, 3.8) is 0 Å². The molecule has 0 unspecified atom stereocenters. The zero-order chi connectivity index (χ0) is 19.3. The largest absolute Gasteiger partial charge is 0.353 e. The molecule has 3 aromatic carbocycles. The van der Waals surface area contributed by atoms with Gasteiger partial charge in [0, 0.05) is 39.6 Å². The maximum Gasteiger partial charge on any atom is 0.262 e. The predicted octanol–water partition coefficient (Wildman–Crippen LogP) is 4.46. The van der Waals surface area contributed by atoms with Crippen molar-refractivity contribution >= 4 is 55.4 Å². The molecule has 2 aromatic heterocycles. The van der Waals surface area contributed by atoms with Gasteiger partial charge in [-0.2, -0.15) is 0 Å². The summed E-state index contributed by atoms with van der Waals surface area (Å²) in [4.78, 5) is 33.3. The Hall–Kier alpha value is -3.74. The van der Waals surface area contributed by atoms with Crippen LogP contribution in [0.2, 0.25) is 0 Å². The van der Waals surface area contributed by atoms with Crippen molar-refractivity contribution in [2.24, 2.45) is 0 Å². The van der Waals surface area contributed by atoms with E-state index in [1.54, 1.807) is 12.1 Å². The summed E-state index contributed by atoms with van der Waals surface area (Å²) in [6.45, 7) is 0. The van der Waals surface area contributed by atoms with E-state index in [2.05, 4.69) is 9.97 Å². The first-order chi connectivity index (χ1) is 13.5. The number of aromatic nitrogens is 2. The van der Waals surface area contributed by atoms with E-state index < -0.39 is 23.4 Å². The maximum absolute atomic E-state index is 13.8. The summed E-state index contributed by atoms with van der Waals surface area (Å²) in [6, 6.07) is 8.51. The number of aromatic amines is 2. The molecular formula is C21H11F2N3O2. The molecule has 0 bridgehead atoms. The van der Waals surface area contributed by atoms with E-state index in [1.165, 1.54) is 31.3 Å². The second-order valence-corrected chi connectivity index (χ2v) is 7.05. The molecule has 5 aromatic rings. The quantitative estimate of drug-likeness (QED) is 0.393. The van der Waals surface area contributed by atoms with Gasteiger partial charge in [-0.25, -0.2) is 8.78 Å². The Morgan fingerprint density at radius 1 is 0.750 bits per heavy atom. The first kappa shape index (κ1) is 15.3. The SMILES string of the molecule is CN1C(=O)c2c(c3c4ccc(F)cc4[nH]c3c3[nH]c4cc(F)ccc4c23)C1=O. The molecule has 1 aliphatic rings. The van der Waals surface area contributed by atoms with Crippen LogP contribution in [-0.4, -0.2) is 33.7 Å². The minimum Gasteiger partial charge on any atom is -0.353 e. The van der Waals surface area contributed by atoms with Crippen molar-refractivity contribution in [3.05, 3.63) is 59.2 Å². The molecule has 2 amide bonds. The molecule has 6 rings (SSSR count).